The van der Waals surface area contributed by atoms with Gasteiger partial charge in [-0.15, -0.1) is 0 Å². The van der Waals surface area contributed by atoms with Gasteiger partial charge in [-0.1, -0.05) is 48.0 Å². The summed E-state index contributed by atoms with van der Waals surface area (Å²) in [6.45, 7) is 5.62. The predicted molar refractivity (Wildman–Crippen MR) is 73.2 cm³/mol. The van der Waals surface area contributed by atoms with Crippen LogP contribution in [0.15, 0.2) is 34.8 Å². The van der Waals surface area contributed by atoms with Crippen LogP contribution in [0.5, 0.6) is 0 Å². The minimum Gasteiger partial charge on any atom is -0.384 e. The number of rotatable bonds is 0. The molecule has 1 aliphatic heterocycles. The molecule has 0 bridgehead atoms. The van der Waals surface area contributed by atoms with Crippen LogP contribution in [0.2, 0.25) is 0 Å². The molecule has 0 fully saturated rings. The van der Waals surface area contributed by atoms with Gasteiger partial charge in [-0.2, -0.15) is 0 Å². The van der Waals surface area contributed by atoms with Crippen molar-refractivity contribution >= 4 is 32.4 Å². The van der Waals surface area contributed by atoms with Crippen LogP contribution in [0.1, 0.15) is 19.4 Å². The number of nitrogens with one attached hydrogen (secondary N) is 1. The molecular formula is C14H14BrN. The normalized spacial score (nSPS) is 17.2. The Balaban J connectivity index is 2.45. The number of hydrogen-bond donors (Lipinski definition) is 1. The van der Waals surface area contributed by atoms with E-state index in [1.807, 2.05) is 0 Å². The van der Waals surface area contributed by atoms with Gasteiger partial charge in [-0.05, 0) is 28.5 Å². The van der Waals surface area contributed by atoms with E-state index in [1.165, 1.54) is 26.5 Å². The van der Waals surface area contributed by atoms with Gasteiger partial charge < -0.3 is 5.32 Å². The summed E-state index contributed by atoms with van der Waals surface area (Å²) in [5.41, 5.74) is 2.96. The van der Waals surface area contributed by atoms with Crippen LogP contribution < -0.4 is 5.32 Å². The first-order valence-corrected chi connectivity index (χ1v) is 6.34. The Bertz CT molecular complexity index is 572. The molecule has 0 aliphatic carbocycles. The first-order chi connectivity index (χ1) is 7.59. The van der Waals surface area contributed by atoms with Crippen molar-refractivity contribution in [2.45, 2.75) is 19.3 Å². The van der Waals surface area contributed by atoms with Gasteiger partial charge >= 0.3 is 0 Å². The molecule has 1 N–H and O–H groups in total. The summed E-state index contributed by atoms with van der Waals surface area (Å²) < 4.78 is 1.18. The Labute approximate surface area is 104 Å². The topological polar surface area (TPSA) is 12.0 Å². The molecular weight excluding hydrogens is 262 g/mol. The molecule has 0 unspecified atom stereocenters. The Morgan fingerprint density at radius 1 is 1.12 bits per heavy atom. The molecule has 0 atom stereocenters. The second kappa shape index (κ2) is 3.24. The highest BCUT2D eigenvalue weighted by molar-refractivity contribution is 9.10. The lowest BCUT2D eigenvalue weighted by Gasteiger charge is -2.19. The third-order valence-electron chi connectivity index (χ3n) is 3.41. The highest BCUT2D eigenvalue weighted by Crippen LogP contribution is 2.42. The minimum atomic E-state index is 0.218. The Morgan fingerprint density at radius 2 is 1.94 bits per heavy atom. The molecule has 0 spiro atoms. The maximum atomic E-state index is 3.62. The van der Waals surface area contributed by atoms with E-state index in [2.05, 4.69) is 65.4 Å². The van der Waals surface area contributed by atoms with E-state index in [4.69, 9.17) is 0 Å². The van der Waals surface area contributed by atoms with Crippen LogP contribution in [-0.2, 0) is 5.41 Å². The van der Waals surface area contributed by atoms with E-state index in [-0.39, 0.29) is 5.41 Å². The zero-order chi connectivity index (χ0) is 11.3. The molecule has 16 heavy (non-hydrogen) atoms. The molecule has 1 nitrogen and oxygen atoms in total. The summed E-state index contributed by atoms with van der Waals surface area (Å²) in [7, 11) is 0. The first kappa shape index (κ1) is 10.2. The van der Waals surface area contributed by atoms with Gasteiger partial charge in [-0.25, -0.2) is 0 Å². The zero-order valence-electron chi connectivity index (χ0n) is 9.47. The van der Waals surface area contributed by atoms with Crippen molar-refractivity contribution in [1.29, 1.82) is 0 Å². The van der Waals surface area contributed by atoms with Crippen LogP contribution in [0, 0.1) is 0 Å². The van der Waals surface area contributed by atoms with E-state index < -0.39 is 0 Å². The number of fused-ring (bicyclic) bond motifs is 3. The molecule has 2 aromatic carbocycles. The SMILES string of the molecule is CC1(C)CNc2ccc3c(Br)cccc3c21. The van der Waals surface area contributed by atoms with Crippen LogP contribution >= 0.6 is 15.9 Å². The van der Waals surface area contributed by atoms with Crippen LogP contribution in [0.25, 0.3) is 10.8 Å². The zero-order valence-corrected chi connectivity index (χ0v) is 11.1. The maximum absolute atomic E-state index is 3.62. The van der Waals surface area contributed by atoms with E-state index in [1.54, 1.807) is 0 Å². The quantitative estimate of drug-likeness (QED) is 0.756. The van der Waals surface area contributed by atoms with Gasteiger partial charge in [0.2, 0.25) is 0 Å². The lowest BCUT2D eigenvalue weighted by atomic mass is 9.84. The van der Waals surface area contributed by atoms with Crippen LogP contribution in [0.4, 0.5) is 5.69 Å². The number of hydrogen-bond acceptors (Lipinski definition) is 1. The summed E-state index contributed by atoms with van der Waals surface area (Å²) in [6.07, 6.45) is 0. The summed E-state index contributed by atoms with van der Waals surface area (Å²) in [5.74, 6) is 0. The fourth-order valence-electron chi connectivity index (χ4n) is 2.60. The summed E-state index contributed by atoms with van der Waals surface area (Å²) in [5, 5.41) is 6.15. The van der Waals surface area contributed by atoms with Gasteiger partial charge in [0, 0.05) is 22.1 Å². The molecule has 2 aromatic rings. The molecule has 0 radical (unpaired) electrons. The van der Waals surface area contributed by atoms with Gasteiger partial charge in [0.15, 0.2) is 0 Å². The predicted octanol–water partition coefficient (Wildman–Crippen LogP) is 4.31. The Kier molecular flexibility index (Phi) is 2.05. The van der Waals surface area contributed by atoms with Crippen molar-refractivity contribution in [2.75, 3.05) is 11.9 Å². The van der Waals surface area contributed by atoms with Crippen molar-refractivity contribution in [3.63, 3.8) is 0 Å². The van der Waals surface area contributed by atoms with Gasteiger partial charge in [0.05, 0.1) is 0 Å². The van der Waals surface area contributed by atoms with Crippen molar-refractivity contribution in [1.82, 2.24) is 0 Å². The van der Waals surface area contributed by atoms with Crippen LogP contribution in [-0.4, -0.2) is 6.54 Å². The number of anilines is 1. The molecule has 1 aliphatic rings. The second-order valence-electron chi connectivity index (χ2n) is 5.06. The van der Waals surface area contributed by atoms with Crippen molar-refractivity contribution in [2.24, 2.45) is 0 Å². The summed E-state index contributed by atoms with van der Waals surface area (Å²) in [4.78, 5) is 0. The third kappa shape index (κ3) is 1.29. The standard InChI is InChI=1S/C14H14BrN/c1-14(2)8-16-12-7-6-9-10(13(12)14)4-3-5-11(9)15/h3-7,16H,8H2,1-2H3. The molecule has 3 rings (SSSR count). The summed E-state index contributed by atoms with van der Waals surface area (Å²) >= 11 is 3.62. The van der Waals surface area contributed by atoms with E-state index in [9.17, 15) is 0 Å². The fraction of sp³-hybridized carbons (Fsp3) is 0.286. The number of benzene rings is 2. The maximum Gasteiger partial charge on any atom is 0.0385 e. The van der Waals surface area contributed by atoms with Crippen molar-refractivity contribution in [3.05, 3.63) is 40.4 Å². The molecule has 2 heteroatoms. The van der Waals surface area contributed by atoms with E-state index >= 15 is 0 Å². The fourth-order valence-corrected chi connectivity index (χ4v) is 3.10. The number of halogens is 1. The molecule has 0 amide bonds. The largest absolute Gasteiger partial charge is 0.384 e. The van der Waals surface area contributed by atoms with Crippen LogP contribution in [0.3, 0.4) is 0 Å². The smallest absolute Gasteiger partial charge is 0.0385 e. The first-order valence-electron chi connectivity index (χ1n) is 5.55. The lowest BCUT2D eigenvalue weighted by Crippen LogP contribution is -2.19. The Hall–Kier alpha value is -1.02. The molecule has 1 heterocycles. The molecule has 0 saturated heterocycles. The van der Waals surface area contributed by atoms with Crippen molar-refractivity contribution < 1.29 is 0 Å². The van der Waals surface area contributed by atoms with Gasteiger partial charge in [0.1, 0.15) is 0 Å². The minimum absolute atomic E-state index is 0.218. The lowest BCUT2D eigenvalue weighted by molar-refractivity contribution is 0.591. The highest BCUT2D eigenvalue weighted by atomic mass is 79.9. The van der Waals surface area contributed by atoms with Gasteiger partial charge in [-0.3, -0.25) is 0 Å². The third-order valence-corrected chi connectivity index (χ3v) is 4.10. The Morgan fingerprint density at radius 3 is 2.75 bits per heavy atom. The van der Waals surface area contributed by atoms with E-state index in [0.717, 1.165) is 6.54 Å². The molecule has 0 aromatic heterocycles. The molecule has 0 saturated carbocycles. The second-order valence-corrected chi connectivity index (χ2v) is 5.91. The van der Waals surface area contributed by atoms with Gasteiger partial charge in [0.25, 0.3) is 0 Å². The average Bonchev–Trinajstić information content (AvgIpc) is 2.56. The molecule has 82 valence electrons. The monoisotopic (exact) mass is 275 g/mol. The highest BCUT2D eigenvalue weighted by Gasteiger charge is 2.31. The van der Waals surface area contributed by atoms with E-state index in [0.29, 0.717) is 0 Å². The average molecular weight is 276 g/mol. The van der Waals surface area contributed by atoms with Crippen molar-refractivity contribution in [3.8, 4) is 0 Å². The summed E-state index contributed by atoms with van der Waals surface area (Å²) in [6, 6.07) is 10.8.